The minimum absolute atomic E-state index is 0.109. The lowest BCUT2D eigenvalue weighted by molar-refractivity contribution is 0.559. The average molecular weight is 203 g/mol. The van der Waals surface area contributed by atoms with E-state index in [1.807, 2.05) is 18.3 Å². The molecule has 1 unspecified atom stereocenters. The summed E-state index contributed by atoms with van der Waals surface area (Å²) in [6, 6.07) is 5.87. The lowest BCUT2D eigenvalue weighted by Crippen LogP contribution is -2.37. The smallest absolute Gasteiger partial charge is 0.117 e. The summed E-state index contributed by atoms with van der Waals surface area (Å²) >= 11 is 0. The van der Waals surface area contributed by atoms with E-state index in [-0.39, 0.29) is 6.17 Å². The van der Waals surface area contributed by atoms with Crippen molar-refractivity contribution in [2.45, 2.75) is 6.17 Å². The van der Waals surface area contributed by atoms with Crippen molar-refractivity contribution in [1.82, 2.24) is 9.72 Å². The van der Waals surface area contributed by atoms with E-state index >= 15 is 0 Å². The number of anilines is 2. The van der Waals surface area contributed by atoms with Gasteiger partial charge in [-0.2, -0.15) is 0 Å². The highest BCUT2D eigenvalue weighted by molar-refractivity contribution is 5.68. The Hall–Kier alpha value is -1.72. The minimum atomic E-state index is -0.109. The number of fused-ring (bicyclic) bond motifs is 3. The lowest BCUT2D eigenvalue weighted by atomic mass is 10.2. The highest BCUT2D eigenvalue weighted by atomic mass is 15.2. The van der Waals surface area contributed by atoms with E-state index in [1.54, 1.807) is 0 Å². The molecule has 2 aromatic rings. The van der Waals surface area contributed by atoms with E-state index < -0.39 is 0 Å². The quantitative estimate of drug-likeness (QED) is 0.501. The maximum atomic E-state index is 5.95. The molecule has 5 heteroatoms. The normalized spacial score (nSPS) is 19.9. The SMILES string of the molecule is Nc1ccn2c3c(cc2c1)C(N)NCN3. The first-order valence-electron chi connectivity index (χ1n) is 4.89. The zero-order chi connectivity index (χ0) is 10.4. The maximum Gasteiger partial charge on any atom is 0.117 e. The van der Waals surface area contributed by atoms with Crippen molar-refractivity contribution < 1.29 is 0 Å². The topological polar surface area (TPSA) is 80.5 Å². The van der Waals surface area contributed by atoms with Crippen LogP contribution in [0.15, 0.2) is 24.4 Å². The Bertz CT molecular complexity index is 516. The van der Waals surface area contributed by atoms with E-state index in [9.17, 15) is 0 Å². The van der Waals surface area contributed by atoms with Gasteiger partial charge in [-0.25, -0.2) is 0 Å². The molecule has 2 aromatic heterocycles. The molecule has 15 heavy (non-hydrogen) atoms. The van der Waals surface area contributed by atoms with Crippen molar-refractivity contribution in [3.8, 4) is 0 Å². The second-order valence-corrected chi connectivity index (χ2v) is 3.74. The molecular weight excluding hydrogens is 190 g/mol. The van der Waals surface area contributed by atoms with Crippen molar-refractivity contribution in [2.75, 3.05) is 17.7 Å². The highest BCUT2D eigenvalue weighted by Gasteiger charge is 2.19. The number of nitrogens with two attached hydrogens (primary N) is 2. The van der Waals surface area contributed by atoms with Crippen molar-refractivity contribution in [3.05, 3.63) is 30.0 Å². The molecule has 0 saturated heterocycles. The van der Waals surface area contributed by atoms with E-state index in [1.165, 1.54) is 0 Å². The first kappa shape index (κ1) is 8.58. The number of aromatic nitrogens is 1. The summed E-state index contributed by atoms with van der Waals surface area (Å²) in [6.07, 6.45) is 1.84. The fourth-order valence-electron chi connectivity index (χ4n) is 2.00. The van der Waals surface area contributed by atoms with Crippen LogP contribution in [0, 0.1) is 0 Å². The molecule has 0 spiro atoms. The van der Waals surface area contributed by atoms with Gasteiger partial charge in [-0.3, -0.25) is 5.32 Å². The van der Waals surface area contributed by atoms with Gasteiger partial charge in [0.2, 0.25) is 0 Å². The standard InChI is InChI=1S/C10H13N5/c11-6-1-2-15-7(3-6)4-8-9(12)13-5-14-10(8)15/h1-4,9,13-14H,5,11-12H2. The predicted octanol–water partition coefficient (Wildman–Crippen LogP) is 0.451. The van der Waals surface area contributed by atoms with E-state index in [4.69, 9.17) is 11.5 Å². The average Bonchev–Trinajstić information content (AvgIpc) is 2.57. The van der Waals surface area contributed by atoms with Gasteiger partial charge in [0.1, 0.15) is 5.82 Å². The molecule has 0 aromatic carbocycles. The Morgan fingerprint density at radius 3 is 3.13 bits per heavy atom. The number of pyridine rings is 1. The molecule has 5 nitrogen and oxygen atoms in total. The molecule has 6 N–H and O–H groups in total. The first-order chi connectivity index (χ1) is 7.25. The molecule has 3 rings (SSSR count). The highest BCUT2D eigenvalue weighted by Crippen LogP contribution is 2.28. The Morgan fingerprint density at radius 1 is 1.40 bits per heavy atom. The second-order valence-electron chi connectivity index (χ2n) is 3.74. The van der Waals surface area contributed by atoms with Gasteiger partial charge >= 0.3 is 0 Å². The Balaban J connectivity index is 2.30. The van der Waals surface area contributed by atoms with E-state index in [0.717, 1.165) is 22.6 Å². The summed E-state index contributed by atoms with van der Waals surface area (Å²) in [5.74, 6) is 1.05. The number of hydrogen-bond acceptors (Lipinski definition) is 4. The third kappa shape index (κ3) is 1.17. The summed E-state index contributed by atoms with van der Waals surface area (Å²) in [5, 5.41) is 6.40. The summed E-state index contributed by atoms with van der Waals surface area (Å²) in [7, 11) is 0. The summed E-state index contributed by atoms with van der Waals surface area (Å²) in [6.45, 7) is 0.685. The molecule has 0 radical (unpaired) electrons. The molecule has 0 bridgehead atoms. The van der Waals surface area contributed by atoms with Gasteiger partial charge in [0.05, 0.1) is 12.8 Å². The monoisotopic (exact) mass is 203 g/mol. The molecule has 0 aliphatic carbocycles. The Kier molecular flexibility index (Phi) is 1.65. The Labute approximate surface area is 87.1 Å². The fourth-order valence-corrected chi connectivity index (χ4v) is 2.00. The summed E-state index contributed by atoms with van der Waals surface area (Å²) in [5.41, 5.74) is 14.6. The first-order valence-corrected chi connectivity index (χ1v) is 4.89. The van der Waals surface area contributed by atoms with Gasteiger partial charge < -0.3 is 21.2 Å². The van der Waals surface area contributed by atoms with Crippen molar-refractivity contribution in [2.24, 2.45) is 5.73 Å². The molecule has 0 amide bonds. The van der Waals surface area contributed by atoms with Crippen LogP contribution < -0.4 is 22.1 Å². The maximum absolute atomic E-state index is 5.95. The number of nitrogen functional groups attached to an aromatic ring is 1. The van der Waals surface area contributed by atoms with Crippen molar-refractivity contribution >= 4 is 17.0 Å². The fraction of sp³-hybridized carbons (Fsp3) is 0.200. The third-order valence-electron chi connectivity index (χ3n) is 2.74. The van der Waals surface area contributed by atoms with Crippen LogP contribution in [0.25, 0.3) is 5.52 Å². The zero-order valence-electron chi connectivity index (χ0n) is 8.20. The van der Waals surface area contributed by atoms with Crippen molar-refractivity contribution in [3.63, 3.8) is 0 Å². The number of rotatable bonds is 0. The molecule has 1 atom stereocenters. The van der Waals surface area contributed by atoms with Gasteiger partial charge in [-0.05, 0) is 18.2 Å². The number of nitrogens with one attached hydrogen (secondary N) is 2. The summed E-state index contributed by atoms with van der Waals surface area (Å²) in [4.78, 5) is 0. The van der Waals surface area contributed by atoms with Gasteiger partial charge in [-0.15, -0.1) is 0 Å². The largest absolute Gasteiger partial charge is 0.399 e. The lowest BCUT2D eigenvalue weighted by Gasteiger charge is -2.22. The molecule has 0 fully saturated rings. The zero-order valence-corrected chi connectivity index (χ0v) is 8.20. The molecule has 3 heterocycles. The van der Waals surface area contributed by atoms with Crippen molar-refractivity contribution in [1.29, 1.82) is 0 Å². The van der Waals surface area contributed by atoms with Gasteiger partial charge in [0, 0.05) is 23.0 Å². The van der Waals surface area contributed by atoms with Crippen LogP contribution in [0.2, 0.25) is 0 Å². The van der Waals surface area contributed by atoms with Crippen LogP contribution in [-0.4, -0.2) is 11.1 Å². The second kappa shape index (κ2) is 2.88. The molecular formula is C10H13N5. The molecule has 78 valence electrons. The van der Waals surface area contributed by atoms with Crippen LogP contribution in [0.4, 0.5) is 11.5 Å². The third-order valence-corrected chi connectivity index (χ3v) is 2.74. The van der Waals surface area contributed by atoms with E-state index in [0.29, 0.717) is 6.67 Å². The molecule has 0 saturated carbocycles. The van der Waals surface area contributed by atoms with Gasteiger partial charge in [0.15, 0.2) is 0 Å². The van der Waals surface area contributed by atoms with Crippen LogP contribution in [0.1, 0.15) is 11.7 Å². The molecule has 1 aliphatic rings. The van der Waals surface area contributed by atoms with Crippen LogP contribution in [-0.2, 0) is 0 Å². The van der Waals surface area contributed by atoms with Gasteiger partial charge in [0.25, 0.3) is 0 Å². The predicted molar refractivity (Wildman–Crippen MR) is 60.4 cm³/mol. The van der Waals surface area contributed by atoms with Crippen LogP contribution in [0.3, 0.4) is 0 Å². The summed E-state index contributed by atoms with van der Waals surface area (Å²) < 4.78 is 2.06. The van der Waals surface area contributed by atoms with Crippen LogP contribution >= 0.6 is 0 Å². The Morgan fingerprint density at radius 2 is 2.27 bits per heavy atom. The van der Waals surface area contributed by atoms with Gasteiger partial charge in [-0.1, -0.05) is 0 Å². The van der Waals surface area contributed by atoms with Crippen LogP contribution in [0.5, 0.6) is 0 Å². The minimum Gasteiger partial charge on any atom is -0.399 e. The number of nitrogens with zero attached hydrogens (tertiary/aromatic N) is 1. The van der Waals surface area contributed by atoms with E-state index in [2.05, 4.69) is 21.1 Å². The number of hydrogen-bond donors (Lipinski definition) is 4. The molecule has 1 aliphatic heterocycles.